The summed E-state index contributed by atoms with van der Waals surface area (Å²) in [5, 5.41) is 3.32. The van der Waals surface area contributed by atoms with Gasteiger partial charge in [0.25, 0.3) is 5.91 Å². The summed E-state index contributed by atoms with van der Waals surface area (Å²) in [7, 11) is 0. The van der Waals surface area contributed by atoms with Gasteiger partial charge in [0.05, 0.1) is 17.8 Å². The van der Waals surface area contributed by atoms with Crippen LogP contribution >= 0.6 is 0 Å². The van der Waals surface area contributed by atoms with Crippen LogP contribution in [0, 0.1) is 16.7 Å². The molecule has 1 aromatic heterocycles. The molecule has 2 aliphatic carbocycles. The van der Waals surface area contributed by atoms with E-state index in [1.165, 1.54) is 12.8 Å². The Hall–Kier alpha value is -1.62. The summed E-state index contributed by atoms with van der Waals surface area (Å²) >= 11 is 0. The van der Waals surface area contributed by atoms with Gasteiger partial charge in [-0.3, -0.25) is 4.79 Å². The van der Waals surface area contributed by atoms with Crippen molar-refractivity contribution < 1.29 is 9.53 Å². The molecule has 1 aromatic rings. The smallest absolute Gasteiger partial charge is 0.253 e. The van der Waals surface area contributed by atoms with Crippen LogP contribution in [0.15, 0.2) is 18.3 Å². The number of nitrogens with one attached hydrogen (secondary N) is 1. The molecule has 5 heteroatoms. The summed E-state index contributed by atoms with van der Waals surface area (Å²) in [5.41, 5.74) is 1.15. The molecule has 5 atom stereocenters. The molecule has 0 aromatic carbocycles. The number of ether oxygens (including phenoxy) is 1. The first-order valence-corrected chi connectivity index (χ1v) is 10.4. The molecular weight excluding hydrogens is 338 g/mol. The van der Waals surface area contributed by atoms with Crippen LogP contribution < -0.4 is 10.2 Å². The topological polar surface area (TPSA) is 54.5 Å². The number of amides is 1. The summed E-state index contributed by atoms with van der Waals surface area (Å²) in [4.78, 5) is 19.6. The highest BCUT2D eigenvalue weighted by molar-refractivity contribution is 5.94. The van der Waals surface area contributed by atoms with Gasteiger partial charge in [0, 0.05) is 25.3 Å². The fraction of sp³-hybridized carbons (Fsp3) is 0.727. The summed E-state index contributed by atoms with van der Waals surface area (Å²) in [6, 6.07) is 4.13. The number of fused-ring (bicyclic) bond motifs is 2. The van der Waals surface area contributed by atoms with Crippen molar-refractivity contribution in [2.24, 2.45) is 16.7 Å². The maximum Gasteiger partial charge on any atom is 0.253 e. The maximum absolute atomic E-state index is 12.8. The molecule has 2 heterocycles. The summed E-state index contributed by atoms with van der Waals surface area (Å²) in [6.07, 6.45) is 5.71. The number of rotatable bonds is 3. The van der Waals surface area contributed by atoms with Gasteiger partial charge in [-0.1, -0.05) is 20.8 Å². The second-order valence-electron chi connectivity index (χ2n) is 9.70. The highest BCUT2D eigenvalue weighted by Crippen LogP contribution is 2.65. The highest BCUT2D eigenvalue weighted by Gasteiger charge is 2.61. The first-order valence-electron chi connectivity index (χ1n) is 10.4. The van der Waals surface area contributed by atoms with E-state index in [1.807, 2.05) is 12.1 Å². The summed E-state index contributed by atoms with van der Waals surface area (Å²) in [5.74, 6) is 1.65. The van der Waals surface area contributed by atoms with Gasteiger partial charge in [0.2, 0.25) is 0 Å². The number of hydrogen-bond acceptors (Lipinski definition) is 4. The number of aromatic nitrogens is 1. The molecule has 2 saturated carbocycles. The third-order valence-corrected chi connectivity index (χ3v) is 7.85. The second-order valence-corrected chi connectivity index (χ2v) is 9.70. The van der Waals surface area contributed by atoms with E-state index in [9.17, 15) is 4.79 Å². The SMILES string of the molecule is C[C@@H]1CN(c2ccc(C(=O)N[C@@H]3C[C@H]4CC[C@@]3(C)C4(C)C)cn2)C[C@H](C)O1. The predicted octanol–water partition coefficient (Wildman–Crippen LogP) is 3.64. The van der Waals surface area contributed by atoms with Crippen LogP contribution in [0.2, 0.25) is 0 Å². The molecule has 27 heavy (non-hydrogen) atoms. The standard InChI is InChI=1S/C22H33N3O2/c1-14-12-25(13-15(2)27-14)19-7-6-16(11-23-19)20(26)24-18-10-17-8-9-22(18,5)21(17,3)4/h6-7,11,14-15,17-18H,8-10,12-13H2,1-5H3,(H,24,26)/t14-,15+,17-,18-,22-/m1/s1. The Balaban J connectivity index is 1.43. The number of carbonyl (C=O) groups excluding carboxylic acids is 1. The van der Waals surface area contributed by atoms with Crippen molar-refractivity contribution in [2.75, 3.05) is 18.0 Å². The Bertz CT molecular complexity index is 707. The van der Waals surface area contributed by atoms with Crippen LogP contribution in [0.5, 0.6) is 0 Å². The van der Waals surface area contributed by atoms with E-state index >= 15 is 0 Å². The average Bonchev–Trinajstić information content (AvgIpc) is 2.94. The lowest BCUT2D eigenvalue weighted by atomic mass is 9.69. The molecule has 1 N–H and O–H groups in total. The molecule has 1 aliphatic heterocycles. The minimum atomic E-state index is 0.00680. The average molecular weight is 372 g/mol. The van der Waals surface area contributed by atoms with Gasteiger partial charge in [0.1, 0.15) is 5.82 Å². The van der Waals surface area contributed by atoms with E-state index in [2.05, 4.69) is 49.8 Å². The molecule has 148 valence electrons. The quantitative estimate of drug-likeness (QED) is 0.881. The first-order chi connectivity index (χ1) is 12.7. The van der Waals surface area contributed by atoms with Crippen molar-refractivity contribution in [3.05, 3.63) is 23.9 Å². The minimum absolute atomic E-state index is 0.00680. The predicted molar refractivity (Wildman–Crippen MR) is 107 cm³/mol. The van der Waals surface area contributed by atoms with Crippen molar-refractivity contribution in [2.45, 2.75) is 72.1 Å². The number of morpholine rings is 1. The maximum atomic E-state index is 12.8. The number of nitrogens with zero attached hydrogens (tertiary/aromatic N) is 2. The fourth-order valence-electron chi connectivity index (χ4n) is 5.74. The van der Waals surface area contributed by atoms with Crippen molar-refractivity contribution in [3.63, 3.8) is 0 Å². The Kier molecular flexibility index (Phi) is 4.49. The number of pyridine rings is 1. The van der Waals surface area contributed by atoms with Crippen LogP contribution in [0.25, 0.3) is 0 Å². The van der Waals surface area contributed by atoms with Crippen molar-refractivity contribution in [1.29, 1.82) is 0 Å². The first kappa shape index (κ1) is 18.7. The lowest BCUT2D eigenvalue weighted by molar-refractivity contribution is -0.00546. The van der Waals surface area contributed by atoms with Crippen LogP contribution in [-0.4, -0.2) is 42.2 Å². The third-order valence-electron chi connectivity index (χ3n) is 7.85. The molecule has 0 spiro atoms. The lowest BCUT2D eigenvalue weighted by Crippen LogP contribution is -2.47. The normalized spacial score (nSPS) is 37.4. The molecule has 1 saturated heterocycles. The molecule has 0 unspecified atom stereocenters. The van der Waals surface area contributed by atoms with E-state index < -0.39 is 0 Å². The van der Waals surface area contributed by atoms with Crippen LogP contribution in [-0.2, 0) is 4.74 Å². The highest BCUT2D eigenvalue weighted by atomic mass is 16.5. The molecule has 0 radical (unpaired) electrons. The molecule has 3 aliphatic rings. The number of anilines is 1. The largest absolute Gasteiger partial charge is 0.372 e. The summed E-state index contributed by atoms with van der Waals surface area (Å²) < 4.78 is 5.79. The van der Waals surface area contributed by atoms with Crippen LogP contribution in [0.3, 0.4) is 0 Å². The Labute approximate surface area is 162 Å². The van der Waals surface area contributed by atoms with E-state index in [1.54, 1.807) is 6.20 Å². The zero-order valence-electron chi connectivity index (χ0n) is 17.3. The van der Waals surface area contributed by atoms with Crippen molar-refractivity contribution >= 4 is 11.7 Å². The van der Waals surface area contributed by atoms with Crippen LogP contribution in [0.4, 0.5) is 5.82 Å². The molecule has 1 amide bonds. The van der Waals surface area contributed by atoms with Crippen LogP contribution in [0.1, 0.15) is 64.2 Å². The summed E-state index contributed by atoms with van der Waals surface area (Å²) in [6.45, 7) is 12.9. The molecule has 2 bridgehead atoms. The molecule has 4 rings (SSSR count). The molecule has 3 fully saturated rings. The second kappa shape index (κ2) is 6.47. The van der Waals surface area contributed by atoms with Gasteiger partial charge < -0.3 is 15.0 Å². The van der Waals surface area contributed by atoms with Gasteiger partial charge in [-0.2, -0.15) is 0 Å². The number of carbonyl (C=O) groups is 1. The van der Waals surface area contributed by atoms with E-state index in [4.69, 9.17) is 4.74 Å². The Morgan fingerprint density at radius 1 is 1.22 bits per heavy atom. The van der Waals surface area contributed by atoms with Gasteiger partial charge in [-0.15, -0.1) is 0 Å². The molecule has 5 nitrogen and oxygen atoms in total. The zero-order chi connectivity index (χ0) is 19.4. The van der Waals surface area contributed by atoms with Crippen molar-refractivity contribution in [3.8, 4) is 0 Å². The van der Waals surface area contributed by atoms with Gasteiger partial charge >= 0.3 is 0 Å². The fourth-order valence-corrected chi connectivity index (χ4v) is 5.74. The van der Waals surface area contributed by atoms with E-state index in [-0.39, 0.29) is 29.6 Å². The van der Waals surface area contributed by atoms with Gasteiger partial charge in [-0.25, -0.2) is 4.98 Å². The number of hydrogen-bond donors (Lipinski definition) is 1. The third kappa shape index (κ3) is 3.04. The minimum Gasteiger partial charge on any atom is -0.372 e. The lowest BCUT2D eigenvalue weighted by Gasteiger charge is -2.39. The Morgan fingerprint density at radius 2 is 1.93 bits per heavy atom. The van der Waals surface area contributed by atoms with Gasteiger partial charge in [-0.05, 0) is 62.0 Å². The van der Waals surface area contributed by atoms with E-state index in [0.717, 1.165) is 31.2 Å². The van der Waals surface area contributed by atoms with E-state index in [0.29, 0.717) is 11.0 Å². The Morgan fingerprint density at radius 3 is 2.44 bits per heavy atom. The van der Waals surface area contributed by atoms with Gasteiger partial charge in [0.15, 0.2) is 0 Å². The molecular formula is C22H33N3O2. The monoisotopic (exact) mass is 371 g/mol. The zero-order valence-corrected chi connectivity index (χ0v) is 17.3. The van der Waals surface area contributed by atoms with Crippen molar-refractivity contribution in [1.82, 2.24) is 10.3 Å².